The van der Waals surface area contributed by atoms with Crippen LogP contribution in [0.5, 0.6) is 0 Å². The first-order valence-corrected chi connectivity index (χ1v) is 8.31. The largest absolute Gasteiger partial charge is 0.463 e. The molecule has 0 saturated carbocycles. The zero-order valence-corrected chi connectivity index (χ0v) is 16.1. The van der Waals surface area contributed by atoms with Crippen molar-refractivity contribution in [3.05, 3.63) is 9.66 Å². The van der Waals surface area contributed by atoms with Crippen molar-refractivity contribution >= 4 is 69.3 Å². The van der Waals surface area contributed by atoms with Crippen LogP contribution in [0.2, 0.25) is 0 Å². The molecule has 0 N–H and O–H groups in total. The highest BCUT2D eigenvalue weighted by Gasteiger charge is 2.35. The first-order chi connectivity index (χ1) is 10.1. The second-order valence-electron chi connectivity index (χ2n) is 4.36. The molecule has 6 nitrogen and oxygen atoms in total. The Morgan fingerprint density at radius 3 is 2.45 bits per heavy atom. The fourth-order valence-corrected chi connectivity index (χ4v) is 2.44. The molecule has 3 atom stereocenters. The van der Waals surface area contributed by atoms with Crippen LogP contribution in [0.25, 0.3) is 0 Å². The van der Waals surface area contributed by atoms with Gasteiger partial charge in [-0.1, -0.05) is 34.8 Å². The van der Waals surface area contributed by atoms with E-state index in [0.29, 0.717) is 3.58 Å². The summed E-state index contributed by atoms with van der Waals surface area (Å²) in [6.45, 7) is 2.25. The van der Waals surface area contributed by atoms with E-state index in [2.05, 4.69) is 0 Å². The molecule has 0 aromatic heterocycles. The van der Waals surface area contributed by atoms with E-state index in [-0.39, 0.29) is 13.2 Å². The third-order valence-corrected chi connectivity index (χ3v) is 3.56. The molecule has 1 aliphatic heterocycles. The van der Waals surface area contributed by atoms with Crippen LogP contribution in [0.3, 0.4) is 0 Å². The molecule has 22 heavy (non-hydrogen) atoms. The fourth-order valence-electron chi connectivity index (χ4n) is 1.57. The van der Waals surface area contributed by atoms with Crippen LogP contribution in [0, 0.1) is 0 Å². The highest BCUT2D eigenvalue weighted by Crippen LogP contribution is 2.31. The Morgan fingerprint density at radius 1 is 1.32 bits per heavy atom. The predicted octanol–water partition coefficient (Wildman–Crippen LogP) is 2.91. The molecule has 1 aliphatic rings. The fraction of sp³-hybridized carbons (Fsp3) is 0.667. The molecular weight excluding hydrogens is 473 g/mol. The number of ether oxygens (including phenoxy) is 4. The Hall–Kier alpha value is 0.200. The number of carbonyl (C=O) groups is 2. The lowest BCUT2D eigenvalue weighted by molar-refractivity contribution is -0.197. The van der Waals surface area contributed by atoms with Crippen molar-refractivity contribution in [1.82, 2.24) is 0 Å². The molecule has 0 aromatic rings. The van der Waals surface area contributed by atoms with E-state index in [9.17, 15) is 9.59 Å². The third-order valence-electron chi connectivity index (χ3n) is 2.36. The highest BCUT2D eigenvalue weighted by molar-refractivity contribution is 14.1. The Kier molecular flexibility index (Phi) is 8.18. The van der Waals surface area contributed by atoms with Crippen LogP contribution in [0.15, 0.2) is 9.66 Å². The summed E-state index contributed by atoms with van der Waals surface area (Å²) in [7, 11) is 0. The highest BCUT2D eigenvalue weighted by atomic mass is 127. The standard InChI is InChI=1S/C12H14Cl3IO6/c1-6(17)19-4-10-9(21-7(2)18)3-8(16)11(22-10)20-5-12(13,14)15/h3,9-11H,4-5H2,1-2H3. The summed E-state index contributed by atoms with van der Waals surface area (Å²) in [6.07, 6.45) is -0.575. The number of hydrogen-bond donors (Lipinski definition) is 0. The monoisotopic (exact) mass is 486 g/mol. The zero-order valence-electron chi connectivity index (χ0n) is 11.7. The van der Waals surface area contributed by atoms with Crippen molar-refractivity contribution in [2.75, 3.05) is 13.2 Å². The number of rotatable bonds is 5. The van der Waals surface area contributed by atoms with Gasteiger partial charge in [0.2, 0.25) is 3.79 Å². The first-order valence-electron chi connectivity index (χ1n) is 6.10. The molecule has 1 rings (SSSR count). The van der Waals surface area contributed by atoms with E-state index in [0.717, 1.165) is 0 Å². The van der Waals surface area contributed by atoms with Crippen LogP contribution >= 0.6 is 57.4 Å². The maximum absolute atomic E-state index is 11.1. The summed E-state index contributed by atoms with van der Waals surface area (Å²) in [6, 6.07) is 0. The molecule has 10 heteroatoms. The van der Waals surface area contributed by atoms with Gasteiger partial charge in [-0.15, -0.1) is 0 Å². The Morgan fingerprint density at radius 2 is 1.95 bits per heavy atom. The molecule has 0 fully saturated rings. The summed E-state index contributed by atoms with van der Waals surface area (Å²) in [4.78, 5) is 22.1. The van der Waals surface area contributed by atoms with Crippen LogP contribution in [0.4, 0.5) is 0 Å². The van der Waals surface area contributed by atoms with E-state index in [1.54, 1.807) is 6.08 Å². The second kappa shape index (κ2) is 8.89. The Balaban J connectivity index is 2.78. The molecule has 0 aliphatic carbocycles. The average Bonchev–Trinajstić information content (AvgIpc) is 2.34. The summed E-state index contributed by atoms with van der Waals surface area (Å²) < 4.78 is 20.1. The smallest absolute Gasteiger partial charge is 0.303 e. The average molecular weight is 488 g/mol. The van der Waals surface area contributed by atoms with Gasteiger partial charge in [-0.25, -0.2) is 0 Å². The number of halogens is 4. The normalized spacial score (nSPS) is 25.4. The minimum atomic E-state index is -1.58. The second-order valence-corrected chi connectivity index (χ2v) is 8.12. The van der Waals surface area contributed by atoms with Crippen LogP contribution in [-0.2, 0) is 28.5 Å². The SMILES string of the molecule is CC(=O)OCC1OC(OCC(Cl)(Cl)Cl)C(I)=CC1OC(C)=O. The number of alkyl halides is 3. The molecule has 0 saturated heterocycles. The molecule has 0 bridgehead atoms. The molecule has 0 radical (unpaired) electrons. The lowest BCUT2D eigenvalue weighted by Gasteiger charge is -2.33. The molecular formula is C12H14Cl3IO6. The van der Waals surface area contributed by atoms with Crippen LogP contribution in [0.1, 0.15) is 13.8 Å². The van der Waals surface area contributed by atoms with Crippen molar-refractivity contribution in [2.45, 2.75) is 36.1 Å². The summed E-state index contributed by atoms with van der Waals surface area (Å²) in [5.74, 6) is -0.962. The zero-order chi connectivity index (χ0) is 16.9. The summed E-state index contributed by atoms with van der Waals surface area (Å²) >= 11 is 18.8. The van der Waals surface area contributed by atoms with E-state index >= 15 is 0 Å². The minimum Gasteiger partial charge on any atom is -0.463 e. The third kappa shape index (κ3) is 7.65. The topological polar surface area (TPSA) is 71.1 Å². The molecule has 3 unspecified atom stereocenters. The molecule has 0 aromatic carbocycles. The Labute approximate surface area is 156 Å². The van der Waals surface area contributed by atoms with Crippen LogP contribution < -0.4 is 0 Å². The van der Waals surface area contributed by atoms with Gasteiger partial charge < -0.3 is 18.9 Å². The minimum absolute atomic E-state index is 0.0959. The summed E-state index contributed by atoms with van der Waals surface area (Å²) in [5.41, 5.74) is 0. The Bertz CT molecular complexity index is 451. The lowest BCUT2D eigenvalue weighted by atomic mass is 10.1. The van der Waals surface area contributed by atoms with E-state index < -0.39 is 34.2 Å². The van der Waals surface area contributed by atoms with Gasteiger partial charge in [-0.2, -0.15) is 0 Å². The summed E-state index contributed by atoms with van der Waals surface area (Å²) in [5, 5.41) is 0. The molecule has 0 amide bonds. The van der Waals surface area contributed by atoms with Gasteiger partial charge in [0.25, 0.3) is 0 Å². The van der Waals surface area contributed by atoms with Crippen molar-refractivity contribution in [2.24, 2.45) is 0 Å². The molecule has 0 spiro atoms. The van der Waals surface area contributed by atoms with Gasteiger partial charge in [-0.05, 0) is 28.7 Å². The molecule has 126 valence electrons. The quantitative estimate of drug-likeness (QED) is 0.338. The van der Waals surface area contributed by atoms with Gasteiger partial charge in [0, 0.05) is 17.4 Å². The number of carbonyl (C=O) groups excluding carboxylic acids is 2. The number of hydrogen-bond acceptors (Lipinski definition) is 6. The maximum Gasteiger partial charge on any atom is 0.303 e. The van der Waals surface area contributed by atoms with Crippen molar-refractivity contribution in [3.8, 4) is 0 Å². The van der Waals surface area contributed by atoms with Crippen LogP contribution in [-0.4, -0.2) is 47.4 Å². The first kappa shape index (κ1) is 20.2. The van der Waals surface area contributed by atoms with Crippen molar-refractivity contribution in [3.63, 3.8) is 0 Å². The predicted molar refractivity (Wildman–Crippen MR) is 89.2 cm³/mol. The lowest BCUT2D eigenvalue weighted by Crippen LogP contribution is -2.43. The van der Waals surface area contributed by atoms with Gasteiger partial charge in [0.1, 0.15) is 12.7 Å². The van der Waals surface area contributed by atoms with E-state index in [4.69, 9.17) is 53.8 Å². The van der Waals surface area contributed by atoms with Gasteiger partial charge in [0.15, 0.2) is 12.4 Å². The van der Waals surface area contributed by atoms with Crippen molar-refractivity contribution in [1.29, 1.82) is 0 Å². The van der Waals surface area contributed by atoms with E-state index in [1.807, 2.05) is 22.6 Å². The van der Waals surface area contributed by atoms with E-state index in [1.165, 1.54) is 13.8 Å². The van der Waals surface area contributed by atoms with Gasteiger partial charge >= 0.3 is 11.9 Å². The van der Waals surface area contributed by atoms with Gasteiger partial charge in [0.05, 0.1) is 6.61 Å². The number of esters is 2. The maximum atomic E-state index is 11.1. The van der Waals surface area contributed by atoms with Gasteiger partial charge in [-0.3, -0.25) is 9.59 Å². The molecule has 1 heterocycles. The van der Waals surface area contributed by atoms with Crippen molar-refractivity contribution < 1.29 is 28.5 Å².